The molecule has 1 N–H and O–H groups in total. The van der Waals surface area contributed by atoms with Crippen LogP contribution in [0.2, 0.25) is 5.02 Å². The van der Waals surface area contributed by atoms with Crippen LogP contribution < -0.4 is 10.1 Å². The minimum Gasteiger partial charge on any atom is -0.487 e. The monoisotopic (exact) mass is 470 g/mol. The quantitative estimate of drug-likeness (QED) is 0.318. The zero-order valence-corrected chi connectivity index (χ0v) is 18.2. The number of amides is 1. The highest BCUT2D eigenvalue weighted by Gasteiger charge is 2.30. The number of carbonyl (C=O) groups is 1. The van der Waals surface area contributed by atoms with E-state index in [4.69, 9.17) is 16.3 Å². The van der Waals surface area contributed by atoms with E-state index in [-0.39, 0.29) is 16.3 Å². The lowest BCUT2D eigenvalue weighted by Gasteiger charge is -2.10. The van der Waals surface area contributed by atoms with Crippen LogP contribution in [0, 0.1) is 18.3 Å². The third kappa shape index (κ3) is 6.61. The SMILES string of the molecule is Cc1cccc(COc2ccc(/C=C(\C#N)C(=O)Nc3cccc(C(F)(F)F)c3)cc2Cl)c1. The largest absolute Gasteiger partial charge is 0.487 e. The molecule has 3 aromatic rings. The van der Waals surface area contributed by atoms with E-state index in [9.17, 15) is 23.2 Å². The van der Waals surface area contributed by atoms with Crippen molar-refractivity contribution in [3.63, 3.8) is 0 Å². The van der Waals surface area contributed by atoms with Gasteiger partial charge in [-0.1, -0.05) is 53.6 Å². The van der Waals surface area contributed by atoms with E-state index in [0.29, 0.717) is 17.9 Å². The van der Waals surface area contributed by atoms with Gasteiger partial charge in [-0.05, 0) is 54.5 Å². The molecule has 168 valence electrons. The summed E-state index contributed by atoms with van der Waals surface area (Å²) in [5, 5.41) is 12.0. The predicted octanol–water partition coefficient (Wildman–Crippen LogP) is 6.79. The van der Waals surface area contributed by atoms with Crippen LogP contribution in [-0.2, 0) is 17.6 Å². The molecule has 0 heterocycles. The Morgan fingerprint density at radius 3 is 2.55 bits per heavy atom. The number of anilines is 1. The minimum atomic E-state index is -4.55. The van der Waals surface area contributed by atoms with Gasteiger partial charge >= 0.3 is 6.18 Å². The van der Waals surface area contributed by atoms with E-state index in [0.717, 1.165) is 23.3 Å². The van der Waals surface area contributed by atoms with Crippen molar-refractivity contribution < 1.29 is 22.7 Å². The van der Waals surface area contributed by atoms with Crippen LogP contribution in [-0.4, -0.2) is 5.91 Å². The van der Waals surface area contributed by atoms with Crippen LogP contribution in [0.4, 0.5) is 18.9 Å². The van der Waals surface area contributed by atoms with Gasteiger partial charge in [0.05, 0.1) is 10.6 Å². The molecule has 3 aromatic carbocycles. The van der Waals surface area contributed by atoms with Crippen LogP contribution in [0.5, 0.6) is 5.75 Å². The molecule has 0 atom stereocenters. The highest BCUT2D eigenvalue weighted by Crippen LogP contribution is 2.31. The van der Waals surface area contributed by atoms with Crippen molar-refractivity contribution in [2.45, 2.75) is 19.7 Å². The molecule has 0 radical (unpaired) electrons. The van der Waals surface area contributed by atoms with E-state index >= 15 is 0 Å². The van der Waals surface area contributed by atoms with E-state index in [1.807, 2.05) is 31.2 Å². The Hall–Kier alpha value is -3.76. The first kappa shape index (κ1) is 23.9. The number of halogens is 4. The molecule has 0 aromatic heterocycles. The van der Waals surface area contributed by atoms with Gasteiger partial charge in [0.25, 0.3) is 5.91 Å². The first-order chi connectivity index (χ1) is 15.7. The van der Waals surface area contributed by atoms with Crippen molar-refractivity contribution in [1.29, 1.82) is 5.26 Å². The van der Waals surface area contributed by atoms with Crippen molar-refractivity contribution in [2.75, 3.05) is 5.32 Å². The Kier molecular flexibility index (Phi) is 7.41. The third-order valence-corrected chi connectivity index (χ3v) is 4.85. The van der Waals surface area contributed by atoms with Gasteiger partial charge in [0, 0.05) is 5.69 Å². The molecular formula is C25H18ClF3N2O2. The number of hydrogen-bond acceptors (Lipinski definition) is 3. The number of carbonyl (C=O) groups excluding carboxylic acids is 1. The van der Waals surface area contributed by atoms with Gasteiger partial charge in [-0.3, -0.25) is 4.79 Å². The molecule has 0 bridgehead atoms. The Morgan fingerprint density at radius 1 is 1.12 bits per heavy atom. The smallest absolute Gasteiger partial charge is 0.416 e. The summed E-state index contributed by atoms with van der Waals surface area (Å²) in [4.78, 5) is 12.4. The summed E-state index contributed by atoms with van der Waals surface area (Å²) >= 11 is 6.28. The van der Waals surface area contributed by atoms with Crippen molar-refractivity contribution >= 4 is 29.3 Å². The zero-order valence-electron chi connectivity index (χ0n) is 17.4. The van der Waals surface area contributed by atoms with Crippen LogP contribution in [0.3, 0.4) is 0 Å². The molecule has 0 saturated carbocycles. The first-order valence-electron chi connectivity index (χ1n) is 9.74. The standard InChI is InChI=1S/C25H18ClF3N2O2/c1-16-4-2-5-18(10-16)15-33-23-9-8-17(12-22(23)26)11-19(14-30)24(32)31-21-7-3-6-20(13-21)25(27,28)29/h2-13H,15H2,1H3,(H,31,32)/b19-11+. The van der Waals surface area contributed by atoms with Gasteiger partial charge < -0.3 is 10.1 Å². The molecular weight excluding hydrogens is 453 g/mol. The number of ether oxygens (including phenoxy) is 1. The summed E-state index contributed by atoms with van der Waals surface area (Å²) in [6.45, 7) is 2.30. The number of hydrogen-bond donors (Lipinski definition) is 1. The fraction of sp³-hybridized carbons (Fsp3) is 0.120. The second kappa shape index (κ2) is 10.2. The molecule has 3 rings (SSSR count). The van der Waals surface area contributed by atoms with Crippen molar-refractivity contribution in [3.8, 4) is 11.8 Å². The van der Waals surface area contributed by atoms with Crippen LogP contribution in [0.25, 0.3) is 6.08 Å². The number of alkyl halides is 3. The Bertz CT molecular complexity index is 1250. The molecule has 4 nitrogen and oxygen atoms in total. The van der Waals surface area contributed by atoms with E-state index in [1.165, 1.54) is 24.3 Å². The molecule has 0 saturated heterocycles. The van der Waals surface area contributed by atoms with Gasteiger partial charge in [-0.25, -0.2) is 0 Å². The van der Waals surface area contributed by atoms with Crippen LogP contribution in [0.1, 0.15) is 22.3 Å². The summed E-state index contributed by atoms with van der Waals surface area (Å²) < 4.78 is 44.3. The van der Waals surface area contributed by atoms with Gasteiger partial charge in [0.2, 0.25) is 0 Å². The predicted molar refractivity (Wildman–Crippen MR) is 121 cm³/mol. The Morgan fingerprint density at radius 2 is 1.88 bits per heavy atom. The van der Waals surface area contributed by atoms with Crippen LogP contribution in [0.15, 0.2) is 72.3 Å². The molecule has 0 unspecified atom stereocenters. The highest BCUT2D eigenvalue weighted by molar-refractivity contribution is 6.32. The number of nitrogens with zero attached hydrogens (tertiary/aromatic N) is 1. The maximum absolute atomic E-state index is 12.9. The highest BCUT2D eigenvalue weighted by atomic mass is 35.5. The fourth-order valence-corrected chi connectivity index (χ4v) is 3.22. The minimum absolute atomic E-state index is 0.0751. The lowest BCUT2D eigenvalue weighted by molar-refractivity contribution is -0.137. The van der Waals surface area contributed by atoms with Crippen molar-refractivity contribution in [3.05, 3.63) is 99.6 Å². The number of benzene rings is 3. The number of nitriles is 1. The summed E-state index contributed by atoms with van der Waals surface area (Å²) in [5.41, 5.74) is 1.27. The maximum Gasteiger partial charge on any atom is 0.416 e. The fourth-order valence-electron chi connectivity index (χ4n) is 2.97. The van der Waals surface area contributed by atoms with Crippen molar-refractivity contribution in [1.82, 2.24) is 0 Å². The van der Waals surface area contributed by atoms with Crippen molar-refractivity contribution in [2.24, 2.45) is 0 Å². The van der Waals surface area contributed by atoms with E-state index < -0.39 is 17.6 Å². The lowest BCUT2D eigenvalue weighted by atomic mass is 10.1. The lowest BCUT2D eigenvalue weighted by Crippen LogP contribution is -2.14. The Balaban J connectivity index is 1.72. The van der Waals surface area contributed by atoms with E-state index in [1.54, 1.807) is 18.2 Å². The summed E-state index contributed by atoms with van der Waals surface area (Å²) in [6.07, 6.45) is -3.26. The second-order valence-corrected chi connectivity index (χ2v) is 7.58. The van der Waals surface area contributed by atoms with Gasteiger partial charge in [0.15, 0.2) is 0 Å². The molecule has 0 aliphatic heterocycles. The molecule has 0 spiro atoms. The summed E-state index contributed by atoms with van der Waals surface area (Å²) in [5.74, 6) is -0.407. The summed E-state index contributed by atoms with van der Waals surface area (Å²) in [6, 6.07) is 18.5. The normalized spacial score (nSPS) is 11.6. The third-order valence-electron chi connectivity index (χ3n) is 4.56. The van der Waals surface area contributed by atoms with E-state index in [2.05, 4.69) is 5.32 Å². The molecule has 8 heteroatoms. The molecule has 33 heavy (non-hydrogen) atoms. The number of rotatable bonds is 6. The maximum atomic E-state index is 12.9. The first-order valence-corrected chi connectivity index (χ1v) is 10.1. The average molecular weight is 471 g/mol. The van der Waals surface area contributed by atoms with Gasteiger partial charge in [0.1, 0.15) is 24.0 Å². The topological polar surface area (TPSA) is 62.1 Å². The van der Waals surface area contributed by atoms with Gasteiger partial charge in [-0.15, -0.1) is 0 Å². The summed E-state index contributed by atoms with van der Waals surface area (Å²) in [7, 11) is 0. The number of nitrogens with one attached hydrogen (secondary N) is 1. The molecule has 0 aliphatic carbocycles. The van der Waals surface area contributed by atoms with Crippen LogP contribution >= 0.6 is 11.6 Å². The van der Waals surface area contributed by atoms with Gasteiger partial charge in [-0.2, -0.15) is 18.4 Å². The average Bonchev–Trinajstić information content (AvgIpc) is 2.76. The molecule has 0 fully saturated rings. The zero-order chi connectivity index (χ0) is 24.0. The molecule has 1 amide bonds. The molecule has 0 aliphatic rings. The Labute approximate surface area is 193 Å². The number of aryl methyl sites for hydroxylation is 1. The second-order valence-electron chi connectivity index (χ2n) is 7.17.